The Hall–Kier alpha value is -6.62. The van der Waals surface area contributed by atoms with Gasteiger partial charge in [-0.15, -0.1) is 0 Å². The van der Waals surface area contributed by atoms with Crippen LogP contribution in [-0.2, 0) is 58.8 Å². The van der Waals surface area contributed by atoms with Gasteiger partial charge in [0.15, 0.2) is 0 Å². The predicted octanol–water partition coefficient (Wildman–Crippen LogP) is 8.18. The Morgan fingerprint density at radius 3 is 2.19 bits per heavy atom. The van der Waals surface area contributed by atoms with Crippen LogP contribution in [0.5, 0.6) is 0 Å². The minimum absolute atomic E-state index is 0.00599. The number of fused-ring (bicyclic) bond motifs is 3. The lowest BCUT2D eigenvalue weighted by molar-refractivity contribution is -0.147. The van der Waals surface area contributed by atoms with Crippen molar-refractivity contribution in [3.63, 3.8) is 0 Å². The predicted molar refractivity (Wildman–Crippen MR) is 283 cm³/mol. The molecule has 0 aromatic heterocycles. The first kappa shape index (κ1) is 56.1. The minimum atomic E-state index is -0.975. The molecule has 10 atom stereocenters. The lowest BCUT2D eigenvalue weighted by Crippen LogP contribution is -2.53. The number of anilines is 1. The van der Waals surface area contributed by atoms with Gasteiger partial charge in [-0.25, -0.2) is 4.79 Å². The first-order valence-corrected chi connectivity index (χ1v) is 26.3. The molecule has 4 aliphatic rings. The topological polar surface area (TPSA) is 209 Å². The van der Waals surface area contributed by atoms with Crippen molar-refractivity contribution in [3.05, 3.63) is 125 Å². The maximum atomic E-state index is 13.5. The molecule has 3 aromatic carbocycles. The second-order valence-electron chi connectivity index (χ2n) is 20.8. The van der Waals surface area contributed by atoms with E-state index in [9.17, 15) is 28.8 Å². The van der Waals surface area contributed by atoms with Crippen molar-refractivity contribution in [2.24, 2.45) is 11.8 Å². The summed E-state index contributed by atoms with van der Waals surface area (Å²) in [6, 6.07) is 21.0. The quantitative estimate of drug-likeness (QED) is 0.0262. The first-order chi connectivity index (χ1) is 35.9. The lowest BCUT2D eigenvalue weighted by atomic mass is 9.88. The Labute approximate surface area is 440 Å². The van der Waals surface area contributed by atoms with E-state index in [2.05, 4.69) is 46.4 Å². The fourth-order valence-corrected chi connectivity index (χ4v) is 10.2. The van der Waals surface area contributed by atoms with Crippen LogP contribution in [0.1, 0.15) is 110 Å². The summed E-state index contributed by atoms with van der Waals surface area (Å²) in [5, 5.41) is 11.3. The summed E-state index contributed by atoms with van der Waals surface area (Å²) >= 11 is 0. The van der Waals surface area contributed by atoms with Crippen LogP contribution in [0, 0.1) is 11.8 Å². The van der Waals surface area contributed by atoms with Crippen LogP contribution >= 0.6 is 0 Å². The third-order valence-corrected chi connectivity index (χ3v) is 14.5. The van der Waals surface area contributed by atoms with Gasteiger partial charge in [-0.3, -0.25) is 24.0 Å². The zero-order valence-electron chi connectivity index (χ0n) is 44.4. The van der Waals surface area contributed by atoms with E-state index in [1.807, 2.05) is 62.4 Å². The number of nitrogens with one attached hydrogen (secondary N) is 4. The fraction of sp³-hybridized carbons (Fsp3) is 0.492. The average Bonchev–Trinajstić information content (AvgIpc) is 4.05. The van der Waals surface area contributed by atoms with Crippen molar-refractivity contribution >= 4 is 41.4 Å². The van der Waals surface area contributed by atoms with Crippen LogP contribution in [0.4, 0.5) is 10.5 Å². The highest BCUT2D eigenvalue weighted by molar-refractivity contribution is 5.98. The summed E-state index contributed by atoms with van der Waals surface area (Å²) in [7, 11) is 1.38. The average molecular weight is 1030 g/mol. The molecular weight excluding hydrogens is 957 g/mol. The fourth-order valence-electron chi connectivity index (χ4n) is 10.2. The number of para-hydroxylation sites is 1. The van der Waals surface area contributed by atoms with E-state index in [4.69, 9.17) is 28.4 Å². The number of rotatable bonds is 21. The van der Waals surface area contributed by atoms with Gasteiger partial charge >= 0.3 is 18.0 Å². The van der Waals surface area contributed by atoms with Crippen LogP contribution in [-0.4, -0.2) is 110 Å². The third-order valence-electron chi connectivity index (χ3n) is 14.5. The van der Waals surface area contributed by atoms with Crippen LogP contribution in [0.2, 0.25) is 0 Å². The summed E-state index contributed by atoms with van der Waals surface area (Å²) in [5.74, 6) is -2.41. The van der Waals surface area contributed by atoms with Gasteiger partial charge in [-0.05, 0) is 98.8 Å². The van der Waals surface area contributed by atoms with Gasteiger partial charge in [0.25, 0.3) is 0 Å². The van der Waals surface area contributed by atoms with E-state index in [1.165, 1.54) is 19.3 Å². The molecular formula is C59H74N4O12. The molecule has 3 aromatic rings. The van der Waals surface area contributed by atoms with E-state index in [1.54, 1.807) is 52.0 Å². The van der Waals surface area contributed by atoms with Crippen LogP contribution in [0.15, 0.2) is 109 Å². The van der Waals surface area contributed by atoms with Crippen molar-refractivity contribution in [3.8, 4) is 11.1 Å². The largest absolute Gasteiger partial charge is 0.469 e. The number of allylic oxidation sites excluding steroid dienone is 2. The normalized spacial score (nSPS) is 24.4. The number of alkyl carbamates (subject to hydrolysis) is 1. The van der Waals surface area contributed by atoms with E-state index in [0.717, 1.165) is 40.7 Å². The van der Waals surface area contributed by atoms with Gasteiger partial charge in [0.2, 0.25) is 17.7 Å². The second-order valence-corrected chi connectivity index (χ2v) is 20.8. The number of benzene rings is 3. The Balaban J connectivity index is 0.803. The van der Waals surface area contributed by atoms with Crippen LogP contribution < -0.4 is 21.3 Å². The maximum absolute atomic E-state index is 13.5. The molecule has 1 aliphatic carbocycles. The van der Waals surface area contributed by atoms with Crippen molar-refractivity contribution in [2.45, 2.75) is 154 Å². The molecule has 3 heterocycles. The summed E-state index contributed by atoms with van der Waals surface area (Å²) in [5.41, 5.74) is 6.38. The number of hydrogen-bond acceptors (Lipinski definition) is 12. The monoisotopic (exact) mass is 1030 g/mol. The van der Waals surface area contributed by atoms with Gasteiger partial charge in [-0.1, -0.05) is 111 Å². The molecule has 0 saturated carbocycles. The molecule has 402 valence electrons. The van der Waals surface area contributed by atoms with Gasteiger partial charge in [0.05, 0.1) is 56.2 Å². The summed E-state index contributed by atoms with van der Waals surface area (Å²) < 4.78 is 34.4. The molecule has 4 N–H and O–H groups in total. The number of methoxy groups -OCH3 is 1. The Morgan fingerprint density at radius 2 is 1.51 bits per heavy atom. The number of amides is 4. The van der Waals surface area contributed by atoms with Gasteiger partial charge in [0, 0.05) is 36.9 Å². The molecule has 3 saturated heterocycles. The molecule has 0 bridgehead atoms. The molecule has 3 fully saturated rings. The number of aryl methyl sites for hydroxylation is 1. The second kappa shape index (κ2) is 25.7. The standard InChI is InChI=1S/C59H74N4O12/c1-35(2)55(63-58(69)71-33-48-46-18-12-10-16-44(46)45-17-11-13-19-47(45)48)57(68)60-39(6)56(67)62-49-20-14-9-15-41(49)24-28-53(65)73-38(5)23-27-52(64)61-50-29-37(4)51(74-40(50)7)26-22-36(3)21-25-42-31-59(34-72-59)32-43(75-42)30-54(66)70-8/h9-23,25,27,35,37-40,42-43,48,50-51,55H,24,26,28-34H2,1-8H3,(H,60,68)(H,61,64)(H,62,67)(H,63,69)/b25-21+,27-23-,36-22+/t37-,38-,39-,40+,42+,43+,50+,51-,55-,59+/m0/s1. The maximum Gasteiger partial charge on any atom is 0.407 e. The van der Waals surface area contributed by atoms with Crippen molar-refractivity contribution < 1.29 is 57.2 Å². The zero-order chi connectivity index (χ0) is 53.8. The van der Waals surface area contributed by atoms with Gasteiger partial charge in [0.1, 0.15) is 24.8 Å². The summed E-state index contributed by atoms with van der Waals surface area (Å²) in [6.45, 7) is 13.7. The number of epoxide rings is 1. The highest BCUT2D eigenvalue weighted by atomic mass is 16.6. The van der Waals surface area contributed by atoms with E-state index in [0.29, 0.717) is 30.7 Å². The number of ether oxygens (including phenoxy) is 6. The smallest absolute Gasteiger partial charge is 0.407 e. The van der Waals surface area contributed by atoms with Crippen molar-refractivity contribution in [1.82, 2.24) is 16.0 Å². The van der Waals surface area contributed by atoms with E-state index in [-0.39, 0.29) is 91.6 Å². The molecule has 16 heteroatoms. The highest BCUT2D eigenvalue weighted by Gasteiger charge is 2.51. The summed E-state index contributed by atoms with van der Waals surface area (Å²) in [4.78, 5) is 77.9. The molecule has 1 spiro atoms. The SMILES string of the molecule is COC(=O)C[C@@H]1C[C@@]2(CO2)C[C@@H](/C=C/C(C)=C/C[C@@H]2O[C@H](C)[C@H](NC(=O)/C=C\[C@H](C)OC(=O)CCc3ccccc3NC(=O)[C@H](C)NC(=O)[C@@H](NC(=O)OCC3c4ccccc4-c4ccccc43)C(C)C)C[C@@H]2C)O1. The number of hydrogen-bond donors (Lipinski definition) is 4. The zero-order valence-corrected chi connectivity index (χ0v) is 44.4. The highest BCUT2D eigenvalue weighted by Crippen LogP contribution is 2.45. The molecule has 7 rings (SSSR count). The summed E-state index contributed by atoms with van der Waals surface area (Å²) in [6.07, 6.45) is 10.4. The van der Waals surface area contributed by atoms with Crippen LogP contribution in [0.3, 0.4) is 0 Å². The molecule has 16 nitrogen and oxygen atoms in total. The number of esters is 2. The van der Waals surface area contributed by atoms with Gasteiger partial charge in [-0.2, -0.15) is 0 Å². The minimum Gasteiger partial charge on any atom is -0.469 e. The van der Waals surface area contributed by atoms with E-state index >= 15 is 0 Å². The molecule has 0 radical (unpaired) electrons. The van der Waals surface area contributed by atoms with E-state index < -0.39 is 42.1 Å². The van der Waals surface area contributed by atoms with Crippen LogP contribution in [0.25, 0.3) is 11.1 Å². The third kappa shape index (κ3) is 15.5. The number of carbonyl (C=O) groups excluding carboxylic acids is 6. The molecule has 0 unspecified atom stereocenters. The number of carbonyl (C=O) groups is 6. The van der Waals surface area contributed by atoms with Crippen molar-refractivity contribution in [2.75, 3.05) is 25.6 Å². The Kier molecular flexibility index (Phi) is 19.3. The lowest BCUT2D eigenvalue weighted by Gasteiger charge is -2.39. The van der Waals surface area contributed by atoms with Gasteiger partial charge < -0.3 is 49.7 Å². The molecule has 3 aliphatic heterocycles. The Morgan fingerprint density at radius 1 is 0.827 bits per heavy atom. The molecule has 4 amide bonds. The van der Waals surface area contributed by atoms with Crippen molar-refractivity contribution in [1.29, 1.82) is 0 Å². The Bertz CT molecular complexity index is 2580. The molecule has 75 heavy (non-hydrogen) atoms. The first-order valence-electron chi connectivity index (χ1n) is 26.3.